The summed E-state index contributed by atoms with van der Waals surface area (Å²) < 4.78 is 3.98. The number of hydrogen-bond acceptors (Lipinski definition) is 2. The Labute approximate surface area is 109 Å². The van der Waals surface area contributed by atoms with E-state index >= 15 is 0 Å². The van der Waals surface area contributed by atoms with Crippen LogP contribution in [0.4, 0.5) is 0 Å². The van der Waals surface area contributed by atoms with E-state index < -0.39 is 5.97 Å². The van der Waals surface area contributed by atoms with Crippen molar-refractivity contribution in [1.29, 1.82) is 0 Å². The Kier molecular flexibility index (Phi) is 2.59. The predicted molar refractivity (Wildman–Crippen MR) is 71.2 cm³/mol. The molecule has 0 fully saturated rings. The van der Waals surface area contributed by atoms with Crippen molar-refractivity contribution in [1.82, 2.24) is 14.1 Å². The summed E-state index contributed by atoms with van der Waals surface area (Å²) in [5, 5.41) is 9.93. The van der Waals surface area contributed by atoms with Crippen LogP contribution in [0.2, 0.25) is 0 Å². The molecule has 0 bridgehead atoms. The van der Waals surface area contributed by atoms with E-state index in [-0.39, 0.29) is 0 Å². The van der Waals surface area contributed by atoms with Crippen LogP contribution in [-0.2, 0) is 13.6 Å². The van der Waals surface area contributed by atoms with Gasteiger partial charge in [-0.05, 0) is 18.2 Å². The average molecular weight is 255 g/mol. The third-order valence-corrected chi connectivity index (χ3v) is 3.29. The van der Waals surface area contributed by atoms with E-state index in [0.717, 1.165) is 16.6 Å². The van der Waals surface area contributed by atoms with Crippen LogP contribution < -0.4 is 0 Å². The fourth-order valence-corrected chi connectivity index (χ4v) is 2.26. The van der Waals surface area contributed by atoms with Crippen molar-refractivity contribution < 1.29 is 9.90 Å². The van der Waals surface area contributed by atoms with E-state index in [4.69, 9.17) is 5.11 Å². The van der Waals surface area contributed by atoms with Crippen molar-refractivity contribution in [3.8, 4) is 0 Å². The van der Waals surface area contributed by atoms with Gasteiger partial charge in [-0.25, -0.2) is 9.78 Å². The number of aromatic nitrogens is 3. The molecule has 0 spiro atoms. The molecule has 3 rings (SSSR count). The summed E-state index contributed by atoms with van der Waals surface area (Å²) in [5.41, 5.74) is 2.32. The number of imidazole rings is 1. The van der Waals surface area contributed by atoms with Crippen LogP contribution in [0.3, 0.4) is 0 Å². The number of carboxylic acids is 1. The molecule has 0 aliphatic carbocycles. The maximum Gasteiger partial charge on any atom is 0.336 e. The van der Waals surface area contributed by atoms with E-state index in [1.165, 1.54) is 0 Å². The maximum absolute atomic E-state index is 11.2. The zero-order chi connectivity index (χ0) is 13.4. The van der Waals surface area contributed by atoms with Gasteiger partial charge in [0.05, 0.1) is 24.1 Å². The zero-order valence-electron chi connectivity index (χ0n) is 10.4. The minimum absolute atomic E-state index is 0.334. The fraction of sp³-hybridized carbons (Fsp3) is 0.143. The summed E-state index contributed by atoms with van der Waals surface area (Å²) in [4.78, 5) is 15.3. The minimum Gasteiger partial charge on any atom is -0.478 e. The second-order valence-electron chi connectivity index (χ2n) is 4.48. The van der Waals surface area contributed by atoms with Crippen molar-refractivity contribution in [2.75, 3.05) is 0 Å². The SMILES string of the molecule is Cn1cncc1Cn1ccc2c(C(=O)O)cccc21. The largest absolute Gasteiger partial charge is 0.478 e. The first-order valence-corrected chi connectivity index (χ1v) is 5.93. The van der Waals surface area contributed by atoms with E-state index in [1.54, 1.807) is 18.5 Å². The summed E-state index contributed by atoms with van der Waals surface area (Å²) in [6.45, 7) is 0.670. The second-order valence-corrected chi connectivity index (χ2v) is 4.48. The van der Waals surface area contributed by atoms with Gasteiger partial charge in [0.15, 0.2) is 0 Å². The lowest BCUT2D eigenvalue weighted by molar-refractivity contribution is 0.0699. The molecule has 1 N–H and O–H groups in total. The lowest BCUT2D eigenvalue weighted by atomic mass is 10.1. The fourth-order valence-electron chi connectivity index (χ4n) is 2.26. The van der Waals surface area contributed by atoms with Crippen LogP contribution in [0, 0.1) is 0 Å². The number of carbonyl (C=O) groups is 1. The maximum atomic E-state index is 11.2. The molecule has 19 heavy (non-hydrogen) atoms. The van der Waals surface area contributed by atoms with E-state index in [9.17, 15) is 4.79 Å². The van der Waals surface area contributed by atoms with Gasteiger partial charge in [0.2, 0.25) is 0 Å². The Balaban J connectivity index is 2.09. The highest BCUT2D eigenvalue weighted by Crippen LogP contribution is 2.21. The number of rotatable bonds is 3. The van der Waals surface area contributed by atoms with Crippen LogP contribution >= 0.6 is 0 Å². The van der Waals surface area contributed by atoms with Gasteiger partial charge in [-0.15, -0.1) is 0 Å². The zero-order valence-corrected chi connectivity index (χ0v) is 10.4. The summed E-state index contributed by atoms with van der Waals surface area (Å²) in [6.07, 6.45) is 5.47. The van der Waals surface area contributed by atoms with Crippen molar-refractivity contribution in [2.45, 2.75) is 6.54 Å². The van der Waals surface area contributed by atoms with E-state index in [1.807, 2.05) is 40.7 Å². The number of aryl methyl sites for hydroxylation is 1. The molecule has 0 atom stereocenters. The Morgan fingerprint density at radius 2 is 2.21 bits per heavy atom. The van der Waals surface area contributed by atoms with Gasteiger partial charge in [-0.3, -0.25) is 0 Å². The first kappa shape index (κ1) is 11.5. The highest BCUT2D eigenvalue weighted by atomic mass is 16.4. The Morgan fingerprint density at radius 1 is 1.37 bits per heavy atom. The molecule has 0 radical (unpaired) electrons. The van der Waals surface area contributed by atoms with Crippen LogP contribution in [0.5, 0.6) is 0 Å². The predicted octanol–water partition coefficient (Wildman–Crippen LogP) is 2.12. The lowest BCUT2D eigenvalue weighted by Gasteiger charge is -2.06. The van der Waals surface area contributed by atoms with Gasteiger partial charge in [-0.2, -0.15) is 0 Å². The monoisotopic (exact) mass is 255 g/mol. The summed E-state index contributed by atoms with van der Waals surface area (Å²) in [6, 6.07) is 7.16. The Bertz CT molecular complexity index is 755. The molecular weight excluding hydrogens is 242 g/mol. The highest BCUT2D eigenvalue weighted by molar-refractivity contribution is 6.02. The molecular formula is C14H13N3O2. The first-order valence-electron chi connectivity index (χ1n) is 5.93. The highest BCUT2D eigenvalue weighted by Gasteiger charge is 2.11. The molecule has 96 valence electrons. The molecule has 0 amide bonds. The first-order chi connectivity index (χ1) is 9.16. The standard InChI is InChI=1S/C14H13N3O2/c1-16-9-15-7-10(16)8-17-6-5-11-12(14(18)19)3-2-4-13(11)17/h2-7,9H,8H2,1H3,(H,18,19). The summed E-state index contributed by atoms with van der Waals surface area (Å²) in [7, 11) is 1.94. The van der Waals surface area contributed by atoms with E-state index in [0.29, 0.717) is 12.1 Å². The number of hydrogen-bond donors (Lipinski definition) is 1. The summed E-state index contributed by atoms with van der Waals surface area (Å²) >= 11 is 0. The van der Waals surface area contributed by atoms with Crippen LogP contribution in [0.1, 0.15) is 16.1 Å². The summed E-state index contributed by atoms with van der Waals surface area (Å²) in [5.74, 6) is -0.899. The van der Waals surface area contributed by atoms with Gasteiger partial charge in [-0.1, -0.05) is 6.07 Å². The van der Waals surface area contributed by atoms with Crippen LogP contribution in [-0.4, -0.2) is 25.2 Å². The molecule has 0 saturated carbocycles. The van der Waals surface area contributed by atoms with Crippen molar-refractivity contribution in [2.24, 2.45) is 7.05 Å². The molecule has 5 heteroatoms. The van der Waals surface area contributed by atoms with Gasteiger partial charge in [0, 0.05) is 30.3 Å². The quantitative estimate of drug-likeness (QED) is 0.779. The number of carboxylic acid groups (broad SMARTS) is 1. The van der Waals surface area contributed by atoms with Crippen molar-refractivity contribution in [3.63, 3.8) is 0 Å². The smallest absolute Gasteiger partial charge is 0.336 e. The molecule has 2 heterocycles. The van der Waals surface area contributed by atoms with Gasteiger partial charge in [0.25, 0.3) is 0 Å². The molecule has 3 aromatic rings. The van der Waals surface area contributed by atoms with Crippen molar-refractivity contribution >= 4 is 16.9 Å². The number of fused-ring (bicyclic) bond motifs is 1. The molecule has 0 unspecified atom stereocenters. The molecule has 1 aromatic carbocycles. The van der Waals surface area contributed by atoms with Gasteiger partial charge in [0.1, 0.15) is 0 Å². The topological polar surface area (TPSA) is 60.0 Å². The number of benzene rings is 1. The lowest BCUT2D eigenvalue weighted by Crippen LogP contribution is -2.03. The second kappa shape index (κ2) is 4.28. The average Bonchev–Trinajstić information content (AvgIpc) is 2.97. The molecule has 5 nitrogen and oxygen atoms in total. The van der Waals surface area contributed by atoms with Gasteiger partial charge < -0.3 is 14.2 Å². The van der Waals surface area contributed by atoms with Crippen LogP contribution in [0.15, 0.2) is 43.0 Å². The molecule has 2 aromatic heterocycles. The van der Waals surface area contributed by atoms with Crippen molar-refractivity contribution in [3.05, 3.63) is 54.2 Å². The van der Waals surface area contributed by atoms with E-state index in [2.05, 4.69) is 4.98 Å². The number of aromatic carboxylic acids is 1. The number of nitrogens with zero attached hydrogens (tertiary/aromatic N) is 3. The third kappa shape index (κ3) is 1.89. The Hall–Kier alpha value is -2.56. The third-order valence-electron chi connectivity index (χ3n) is 3.29. The molecule has 0 aliphatic rings. The molecule has 0 aliphatic heterocycles. The normalized spacial score (nSPS) is 11.0. The minimum atomic E-state index is -0.899. The van der Waals surface area contributed by atoms with Crippen LogP contribution in [0.25, 0.3) is 10.9 Å². The Morgan fingerprint density at radius 3 is 2.89 bits per heavy atom. The molecule has 0 saturated heterocycles. The van der Waals surface area contributed by atoms with Gasteiger partial charge >= 0.3 is 5.97 Å².